The monoisotopic (exact) mass is 400 g/mol. The van der Waals surface area contributed by atoms with Crippen LogP contribution in [0.3, 0.4) is 0 Å². The van der Waals surface area contributed by atoms with Gasteiger partial charge in [-0.2, -0.15) is 0 Å². The van der Waals surface area contributed by atoms with Gasteiger partial charge in [0.1, 0.15) is 12.7 Å². The number of ketones is 1. The van der Waals surface area contributed by atoms with Crippen molar-refractivity contribution in [1.82, 2.24) is 9.88 Å². The molecule has 1 N–H and O–H groups in total. The van der Waals surface area contributed by atoms with Crippen molar-refractivity contribution in [3.63, 3.8) is 0 Å². The molecule has 0 aliphatic carbocycles. The number of aromatic amines is 1. The van der Waals surface area contributed by atoms with Gasteiger partial charge in [-0.25, -0.2) is 4.79 Å². The van der Waals surface area contributed by atoms with Gasteiger partial charge in [0.2, 0.25) is 0 Å². The van der Waals surface area contributed by atoms with E-state index in [1.165, 1.54) is 0 Å². The van der Waals surface area contributed by atoms with Crippen molar-refractivity contribution in [3.05, 3.63) is 46.8 Å². The first-order chi connectivity index (χ1) is 13.8. The first kappa shape index (κ1) is 20.9. The molecule has 1 aromatic carbocycles. The van der Waals surface area contributed by atoms with Gasteiger partial charge in [0, 0.05) is 12.2 Å². The highest BCUT2D eigenvalue weighted by atomic mass is 16.6. The Labute approximate surface area is 170 Å². The van der Waals surface area contributed by atoms with Crippen LogP contribution >= 0.6 is 0 Å². The number of Topliss-reactive ketones (excluding diaryl/α,β-unsaturated/α-hetero) is 1. The number of nitrogens with one attached hydrogen (secondary N) is 1. The molecule has 0 bridgehead atoms. The third-order valence-electron chi connectivity index (χ3n) is 5.26. The fourth-order valence-electron chi connectivity index (χ4n) is 3.55. The SMILES string of the molecule is CCOC(=O)c1c(C)[nH]c(C(=O)C(C)N(C)CC2COc3ccccc3O2)c1C. The standard InChI is InChI=1S/C22H28N2O5/c1-6-27-22(26)19-13(2)20(23-14(19)3)21(25)15(4)24(5)11-16-12-28-17-9-7-8-10-18(17)29-16/h7-10,15-16,23H,6,11-12H2,1-5H3. The second-order valence-corrected chi connectivity index (χ2v) is 7.32. The average Bonchev–Trinajstić information content (AvgIpc) is 3.01. The van der Waals surface area contributed by atoms with Gasteiger partial charge in [-0.1, -0.05) is 12.1 Å². The number of nitrogens with zero attached hydrogens (tertiary/aromatic N) is 1. The summed E-state index contributed by atoms with van der Waals surface area (Å²) in [7, 11) is 1.88. The van der Waals surface area contributed by atoms with Crippen LogP contribution in [0.1, 0.15) is 46.0 Å². The summed E-state index contributed by atoms with van der Waals surface area (Å²) in [6.45, 7) is 8.39. The summed E-state index contributed by atoms with van der Waals surface area (Å²) in [5, 5.41) is 0. The predicted molar refractivity (Wildman–Crippen MR) is 109 cm³/mol. The molecule has 0 saturated carbocycles. The molecular formula is C22H28N2O5. The molecule has 156 valence electrons. The summed E-state index contributed by atoms with van der Waals surface area (Å²) >= 11 is 0. The summed E-state index contributed by atoms with van der Waals surface area (Å²) in [6, 6.07) is 7.15. The van der Waals surface area contributed by atoms with Crippen LogP contribution in [0, 0.1) is 13.8 Å². The lowest BCUT2D eigenvalue weighted by molar-refractivity contribution is 0.0520. The van der Waals surface area contributed by atoms with Gasteiger partial charge >= 0.3 is 5.97 Å². The number of carbonyl (C=O) groups excluding carboxylic acids is 2. The summed E-state index contributed by atoms with van der Waals surface area (Å²) in [5.41, 5.74) is 2.14. The van der Waals surface area contributed by atoms with Gasteiger partial charge in [0.25, 0.3) is 0 Å². The van der Waals surface area contributed by atoms with Crippen LogP contribution in [0.15, 0.2) is 24.3 Å². The minimum atomic E-state index is -0.412. The van der Waals surface area contributed by atoms with Crippen molar-refractivity contribution in [2.24, 2.45) is 0 Å². The Morgan fingerprint density at radius 2 is 1.97 bits per heavy atom. The molecule has 1 aliphatic heterocycles. The molecule has 0 saturated heterocycles. The van der Waals surface area contributed by atoms with Crippen LogP contribution in [0.4, 0.5) is 0 Å². The molecule has 1 aromatic heterocycles. The summed E-state index contributed by atoms with van der Waals surface area (Å²) in [6.07, 6.45) is -0.174. The Balaban J connectivity index is 1.69. The summed E-state index contributed by atoms with van der Waals surface area (Å²) < 4.78 is 16.9. The minimum Gasteiger partial charge on any atom is -0.486 e. The van der Waals surface area contributed by atoms with Crippen LogP contribution in [0.2, 0.25) is 0 Å². The number of aryl methyl sites for hydroxylation is 1. The highest BCUT2D eigenvalue weighted by molar-refractivity contribution is 6.03. The van der Waals surface area contributed by atoms with E-state index in [0.717, 1.165) is 5.75 Å². The van der Waals surface area contributed by atoms with Gasteiger partial charge in [0.15, 0.2) is 17.3 Å². The Morgan fingerprint density at radius 1 is 1.28 bits per heavy atom. The lowest BCUT2D eigenvalue weighted by Crippen LogP contribution is -2.45. The van der Waals surface area contributed by atoms with E-state index in [1.807, 2.05) is 43.1 Å². The molecule has 7 nitrogen and oxygen atoms in total. The Hall–Kier alpha value is -2.80. The molecule has 2 heterocycles. The zero-order chi connectivity index (χ0) is 21.1. The maximum absolute atomic E-state index is 13.1. The molecule has 0 fully saturated rings. The third-order valence-corrected chi connectivity index (χ3v) is 5.26. The van der Waals surface area contributed by atoms with E-state index in [1.54, 1.807) is 20.8 Å². The first-order valence-electron chi connectivity index (χ1n) is 9.82. The van der Waals surface area contributed by atoms with Crippen molar-refractivity contribution in [1.29, 1.82) is 0 Å². The van der Waals surface area contributed by atoms with Crippen molar-refractivity contribution in [2.75, 3.05) is 26.8 Å². The summed E-state index contributed by atoms with van der Waals surface area (Å²) in [5.74, 6) is 0.955. The van der Waals surface area contributed by atoms with Gasteiger partial charge < -0.3 is 19.2 Å². The van der Waals surface area contributed by atoms with Crippen molar-refractivity contribution in [3.8, 4) is 11.5 Å². The van der Waals surface area contributed by atoms with Crippen LogP contribution in [0.25, 0.3) is 0 Å². The number of ether oxygens (including phenoxy) is 3. The van der Waals surface area contributed by atoms with E-state index >= 15 is 0 Å². The number of esters is 1. The molecule has 1 aliphatic rings. The van der Waals surface area contributed by atoms with Gasteiger partial charge in [-0.05, 0) is 52.4 Å². The topological polar surface area (TPSA) is 80.9 Å². The predicted octanol–water partition coefficient (Wildman–Crippen LogP) is 3.15. The van der Waals surface area contributed by atoms with Crippen molar-refractivity contribution >= 4 is 11.8 Å². The number of hydrogen-bond donors (Lipinski definition) is 1. The number of benzene rings is 1. The Morgan fingerprint density at radius 3 is 2.66 bits per heavy atom. The van der Waals surface area contributed by atoms with Crippen molar-refractivity contribution in [2.45, 2.75) is 39.8 Å². The van der Waals surface area contributed by atoms with E-state index in [9.17, 15) is 9.59 Å². The minimum absolute atomic E-state index is 0.0826. The molecule has 3 rings (SSSR count). The summed E-state index contributed by atoms with van der Waals surface area (Å²) in [4.78, 5) is 30.3. The zero-order valence-electron chi connectivity index (χ0n) is 17.6. The maximum Gasteiger partial charge on any atom is 0.340 e. The fraction of sp³-hybridized carbons (Fsp3) is 0.455. The lowest BCUT2D eigenvalue weighted by atomic mass is 10.0. The normalized spacial score (nSPS) is 16.6. The maximum atomic E-state index is 13.1. The number of fused-ring (bicyclic) bond motifs is 1. The molecule has 0 spiro atoms. The van der Waals surface area contributed by atoms with E-state index in [4.69, 9.17) is 14.2 Å². The number of rotatable bonds is 7. The molecule has 0 amide bonds. The Bertz CT molecular complexity index is 905. The first-order valence-corrected chi connectivity index (χ1v) is 9.82. The molecule has 0 radical (unpaired) electrons. The molecule has 29 heavy (non-hydrogen) atoms. The molecule has 7 heteroatoms. The highest BCUT2D eigenvalue weighted by Gasteiger charge is 2.30. The van der Waals surface area contributed by atoms with E-state index in [2.05, 4.69) is 4.98 Å². The number of aromatic nitrogens is 1. The van der Waals surface area contributed by atoms with Crippen LogP contribution in [-0.4, -0.2) is 60.6 Å². The largest absolute Gasteiger partial charge is 0.486 e. The highest BCUT2D eigenvalue weighted by Crippen LogP contribution is 2.31. The van der Waals surface area contributed by atoms with Crippen LogP contribution in [-0.2, 0) is 4.74 Å². The zero-order valence-corrected chi connectivity index (χ0v) is 17.6. The quantitative estimate of drug-likeness (QED) is 0.568. The number of H-pyrrole nitrogens is 1. The molecule has 2 aromatic rings. The number of para-hydroxylation sites is 2. The number of hydrogen-bond acceptors (Lipinski definition) is 6. The Kier molecular flexibility index (Phi) is 6.27. The van der Waals surface area contributed by atoms with Gasteiger partial charge in [-0.15, -0.1) is 0 Å². The number of carbonyl (C=O) groups is 2. The third kappa shape index (κ3) is 4.29. The number of likely N-dealkylation sites (N-methyl/N-ethyl adjacent to an activating group) is 1. The van der Waals surface area contributed by atoms with Gasteiger partial charge in [-0.3, -0.25) is 9.69 Å². The van der Waals surface area contributed by atoms with Crippen LogP contribution < -0.4 is 9.47 Å². The van der Waals surface area contributed by atoms with Crippen LogP contribution in [0.5, 0.6) is 11.5 Å². The average molecular weight is 400 g/mol. The molecular weight excluding hydrogens is 372 g/mol. The molecule has 2 atom stereocenters. The van der Waals surface area contributed by atoms with E-state index in [0.29, 0.717) is 41.4 Å². The smallest absolute Gasteiger partial charge is 0.340 e. The lowest BCUT2D eigenvalue weighted by Gasteiger charge is -2.31. The van der Waals surface area contributed by atoms with E-state index in [-0.39, 0.29) is 18.5 Å². The molecule has 2 unspecified atom stereocenters. The van der Waals surface area contributed by atoms with E-state index < -0.39 is 12.0 Å². The second kappa shape index (κ2) is 8.69. The fourth-order valence-corrected chi connectivity index (χ4v) is 3.55. The van der Waals surface area contributed by atoms with Gasteiger partial charge in [0.05, 0.1) is 23.9 Å². The van der Waals surface area contributed by atoms with Crippen molar-refractivity contribution < 1.29 is 23.8 Å². The second-order valence-electron chi connectivity index (χ2n) is 7.32.